The van der Waals surface area contributed by atoms with E-state index in [1.807, 2.05) is 24.3 Å². The predicted molar refractivity (Wildman–Crippen MR) is 139 cm³/mol. The molecule has 0 amide bonds. The lowest BCUT2D eigenvalue weighted by molar-refractivity contribution is 0.238. The highest BCUT2D eigenvalue weighted by molar-refractivity contribution is 5.38. The molecule has 1 atom stereocenters. The average molecular weight is 429 g/mol. The first-order valence-electron chi connectivity index (χ1n) is 12.3. The molecule has 1 heteroatoms. The Bertz CT molecular complexity index is 833. The summed E-state index contributed by atoms with van der Waals surface area (Å²) in [4.78, 5) is 0. The number of unbranched alkanes of at least 4 members (excludes halogenated alkanes) is 8. The molecule has 2 aromatic carbocycles. The Morgan fingerprint density at radius 2 is 1.12 bits per heavy atom. The van der Waals surface area contributed by atoms with Gasteiger partial charge in [-0.3, -0.25) is 0 Å². The molecule has 170 valence electrons. The normalized spacial score (nSPS) is 11.4. The Morgan fingerprint density at radius 1 is 0.656 bits per heavy atom. The molecule has 0 aliphatic heterocycles. The van der Waals surface area contributed by atoms with Crippen molar-refractivity contribution < 1.29 is 5.11 Å². The van der Waals surface area contributed by atoms with Gasteiger partial charge in [-0.15, -0.1) is 13.2 Å². The number of hydrogen-bond acceptors (Lipinski definition) is 1. The monoisotopic (exact) mass is 428 g/mol. The van der Waals surface area contributed by atoms with Crippen molar-refractivity contribution in [2.75, 3.05) is 0 Å². The van der Waals surface area contributed by atoms with Crippen LogP contribution in [0.5, 0.6) is 0 Å². The maximum absolute atomic E-state index is 10.4. The number of hydrogen-bond donors (Lipinski definition) is 1. The van der Waals surface area contributed by atoms with Gasteiger partial charge in [-0.1, -0.05) is 86.1 Å². The zero-order valence-electron chi connectivity index (χ0n) is 19.7. The maximum Gasteiger partial charge on any atom is 0.140 e. The summed E-state index contributed by atoms with van der Waals surface area (Å²) in [6, 6.07) is 16.7. The van der Waals surface area contributed by atoms with Crippen LogP contribution in [0, 0.1) is 11.8 Å². The van der Waals surface area contributed by atoms with Crippen LogP contribution >= 0.6 is 0 Å². The van der Waals surface area contributed by atoms with Gasteiger partial charge in [0.1, 0.15) is 6.10 Å². The van der Waals surface area contributed by atoms with E-state index in [4.69, 9.17) is 0 Å². The van der Waals surface area contributed by atoms with Crippen LogP contribution < -0.4 is 0 Å². The molecule has 1 unspecified atom stereocenters. The number of benzene rings is 2. The number of aliphatic hydroxyl groups is 1. The second-order valence-corrected chi connectivity index (χ2v) is 8.59. The van der Waals surface area contributed by atoms with E-state index in [1.165, 1.54) is 62.5 Å². The third-order valence-corrected chi connectivity index (χ3v) is 5.85. The molecular formula is C31H40O. The van der Waals surface area contributed by atoms with Gasteiger partial charge in [-0.05, 0) is 80.2 Å². The topological polar surface area (TPSA) is 20.2 Å². The molecule has 0 aliphatic rings. The van der Waals surface area contributed by atoms with E-state index in [0.29, 0.717) is 0 Å². The number of allylic oxidation sites excluding steroid dienone is 2. The standard InChI is InChI=1S/C31H40O/c1-3-5-7-9-11-13-15-27-17-19-29(20-18-27)23-26-31(32)30-24-21-28(22-25-30)16-14-12-10-8-6-4-2/h3-4,17-22,24-25,31-32H,1-2,5-16H2. The molecule has 2 aromatic rings. The number of rotatable bonds is 15. The zero-order valence-corrected chi connectivity index (χ0v) is 19.7. The molecule has 0 heterocycles. The van der Waals surface area contributed by atoms with Crippen LogP contribution in [0.4, 0.5) is 0 Å². The van der Waals surface area contributed by atoms with Crippen molar-refractivity contribution in [1.29, 1.82) is 0 Å². The summed E-state index contributed by atoms with van der Waals surface area (Å²) in [5, 5.41) is 10.4. The molecule has 32 heavy (non-hydrogen) atoms. The van der Waals surface area contributed by atoms with Gasteiger partial charge in [0, 0.05) is 5.56 Å². The van der Waals surface area contributed by atoms with Crippen LogP contribution in [-0.2, 0) is 12.8 Å². The largest absolute Gasteiger partial charge is 0.376 e. The van der Waals surface area contributed by atoms with Gasteiger partial charge in [-0.25, -0.2) is 0 Å². The third-order valence-electron chi connectivity index (χ3n) is 5.85. The minimum atomic E-state index is -0.752. The Balaban J connectivity index is 1.74. The van der Waals surface area contributed by atoms with Gasteiger partial charge in [0.05, 0.1) is 0 Å². The highest BCUT2D eigenvalue weighted by Gasteiger charge is 2.04. The minimum Gasteiger partial charge on any atom is -0.376 e. The van der Waals surface area contributed by atoms with Crippen molar-refractivity contribution in [3.8, 4) is 11.8 Å². The van der Waals surface area contributed by atoms with Gasteiger partial charge in [0.25, 0.3) is 0 Å². The summed E-state index contributed by atoms with van der Waals surface area (Å²) < 4.78 is 0. The lowest BCUT2D eigenvalue weighted by Gasteiger charge is -2.06. The van der Waals surface area contributed by atoms with E-state index in [9.17, 15) is 5.11 Å². The van der Waals surface area contributed by atoms with E-state index >= 15 is 0 Å². The molecule has 0 bridgehead atoms. The minimum absolute atomic E-state index is 0.752. The lowest BCUT2D eigenvalue weighted by Crippen LogP contribution is -1.95. The van der Waals surface area contributed by atoms with Gasteiger partial charge in [0.2, 0.25) is 0 Å². The highest BCUT2D eigenvalue weighted by atomic mass is 16.3. The lowest BCUT2D eigenvalue weighted by atomic mass is 10.0. The van der Waals surface area contributed by atoms with Crippen molar-refractivity contribution in [3.63, 3.8) is 0 Å². The van der Waals surface area contributed by atoms with Crippen molar-refractivity contribution in [2.45, 2.75) is 83.2 Å². The Labute approximate surface area is 196 Å². The number of aliphatic hydroxyl groups excluding tert-OH is 1. The number of aryl methyl sites for hydroxylation is 2. The van der Waals surface area contributed by atoms with Crippen LogP contribution in [0.3, 0.4) is 0 Å². The summed E-state index contributed by atoms with van der Waals surface area (Å²) in [5.74, 6) is 6.10. The van der Waals surface area contributed by atoms with Gasteiger partial charge >= 0.3 is 0 Å². The highest BCUT2D eigenvalue weighted by Crippen LogP contribution is 2.16. The fourth-order valence-corrected chi connectivity index (χ4v) is 3.80. The SMILES string of the molecule is C=CCCCCCCc1ccc(C#CC(O)c2ccc(CCCCCCC=C)cc2)cc1. The van der Waals surface area contributed by atoms with E-state index < -0.39 is 6.10 Å². The zero-order chi connectivity index (χ0) is 22.9. The van der Waals surface area contributed by atoms with Crippen molar-refractivity contribution in [2.24, 2.45) is 0 Å². The molecule has 0 saturated carbocycles. The van der Waals surface area contributed by atoms with Gasteiger partial charge in [-0.2, -0.15) is 0 Å². The Hall–Kier alpha value is -2.56. The molecule has 2 rings (SSSR count). The Kier molecular flexibility index (Phi) is 13.0. The third kappa shape index (κ3) is 10.7. The molecule has 0 radical (unpaired) electrons. The van der Waals surface area contributed by atoms with Crippen molar-refractivity contribution in [1.82, 2.24) is 0 Å². The second kappa shape index (κ2) is 16.1. The van der Waals surface area contributed by atoms with Crippen LogP contribution in [-0.4, -0.2) is 5.11 Å². The van der Waals surface area contributed by atoms with E-state index in [-0.39, 0.29) is 0 Å². The van der Waals surface area contributed by atoms with Crippen molar-refractivity contribution >= 4 is 0 Å². The van der Waals surface area contributed by atoms with E-state index in [0.717, 1.165) is 36.8 Å². The van der Waals surface area contributed by atoms with Crippen LogP contribution in [0.2, 0.25) is 0 Å². The Morgan fingerprint density at radius 3 is 1.62 bits per heavy atom. The quantitative estimate of drug-likeness (QED) is 0.172. The first-order valence-corrected chi connectivity index (χ1v) is 12.3. The summed E-state index contributed by atoms with van der Waals surface area (Å²) >= 11 is 0. The van der Waals surface area contributed by atoms with Crippen LogP contribution in [0.25, 0.3) is 0 Å². The van der Waals surface area contributed by atoms with Crippen molar-refractivity contribution in [3.05, 3.63) is 96.1 Å². The molecular weight excluding hydrogens is 388 g/mol. The van der Waals surface area contributed by atoms with Crippen LogP contribution in [0.1, 0.15) is 92.6 Å². The molecule has 0 aliphatic carbocycles. The summed E-state index contributed by atoms with van der Waals surface area (Å²) in [5.41, 5.74) is 4.50. The van der Waals surface area contributed by atoms with E-state index in [2.05, 4.69) is 61.4 Å². The summed E-state index contributed by atoms with van der Waals surface area (Å²) in [6.07, 6.45) is 17.7. The van der Waals surface area contributed by atoms with Gasteiger partial charge in [0.15, 0.2) is 0 Å². The second-order valence-electron chi connectivity index (χ2n) is 8.59. The molecule has 1 N–H and O–H groups in total. The molecule has 0 aromatic heterocycles. The maximum atomic E-state index is 10.4. The average Bonchev–Trinajstić information content (AvgIpc) is 2.83. The predicted octanol–water partition coefficient (Wildman–Crippen LogP) is 8.13. The smallest absolute Gasteiger partial charge is 0.140 e. The summed E-state index contributed by atoms with van der Waals surface area (Å²) in [7, 11) is 0. The van der Waals surface area contributed by atoms with E-state index in [1.54, 1.807) is 0 Å². The van der Waals surface area contributed by atoms with Crippen LogP contribution in [0.15, 0.2) is 73.8 Å². The fourth-order valence-electron chi connectivity index (χ4n) is 3.80. The van der Waals surface area contributed by atoms with Gasteiger partial charge < -0.3 is 5.11 Å². The first-order chi connectivity index (χ1) is 15.7. The molecule has 0 spiro atoms. The fraction of sp³-hybridized carbons (Fsp3) is 0.419. The first kappa shape index (κ1) is 25.7. The molecule has 1 nitrogen and oxygen atoms in total. The molecule has 0 fully saturated rings. The molecule has 0 saturated heterocycles. The summed E-state index contributed by atoms with van der Waals surface area (Å²) in [6.45, 7) is 7.54.